The van der Waals surface area contributed by atoms with E-state index in [1.807, 2.05) is 60.7 Å². The highest BCUT2D eigenvalue weighted by atomic mass is 19.4. The first-order valence-corrected chi connectivity index (χ1v) is 12.1. The molecule has 0 saturated carbocycles. The molecule has 0 radical (unpaired) electrons. The lowest BCUT2D eigenvalue weighted by Crippen LogP contribution is -2.45. The fraction of sp³-hybridized carbons (Fsp3) is 0.379. The Labute approximate surface area is 205 Å². The normalized spacial score (nSPS) is 16.7. The summed E-state index contributed by atoms with van der Waals surface area (Å²) in [6.07, 6.45) is -2.61. The van der Waals surface area contributed by atoms with Crippen molar-refractivity contribution < 1.29 is 23.0 Å². The minimum absolute atomic E-state index is 0.0993. The zero-order valence-corrected chi connectivity index (χ0v) is 19.9. The van der Waals surface area contributed by atoms with Gasteiger partial charge in [-0.2, -0.15) is 13.2 Å². The molecule has 0 spiro atoms. The molecule has 1 unspecified atom stereocenters. The number of alkyl halides is 3. The van der Waals surface area contributed by atoms with Crippen molar-refractivity contribution in [3.05, 3.63) is 102 Å². The third-order valence-electron chi connectivity index (χ3n) is 6.89. The summed E-state index contributed by atoms with van der Waals surface area (Å²) in [6.45, 7) is 5.10. The number of nitrogens with zero attached hydrogens (tertiary/aromatic N) is 1. The monoisotopic (exact) mass is 483 g/mol. The van der Waals surface area contributed by atoms with Gasteiger partial charge in [0.05, 0.1) is 12.2 Å². The molecular weight excluding hydrogens is 451 g/mol. The van der Waals surface area contributed by atoms with Gasteiger partial charge in [0.25, 0.3) is 0 Å². The molecule has 35 heavy (non-hydrogen) atoms. The number of benzene rings is 3. The molecule has 0 bridgehead atoms. The summed E-state index contributed by atoms with van der Waals surface area (Å²) >= 11 is 0. The summed E-state index contributed by atoms with van der Waals surface area (Å²) in [5.74, 6) is 0.762. The van der Waals surface area contributed by atoms with Crippen LogP contribution < -0.4 is 4.74 Å². The average Bonchev–Trinajstić information content (AvgIpc) is 2.88. The largest absolute Gasteiger partial charge is 0.493 e. The lowest BCUT2D eigenvalue weighted by atomic mass is 9.72. The van der Waals surface area contributed by atoms with Crippen molar-refractivity contribution >= 4 is 0 Å². The molecule has 1 fully saturated rings. The highest BCUT2D eigenvalue weighted by molar-refractivity contribution is 5.37. The number of hydrogen-bond acceptors (Lipinski definition) is 3. The van der Waals surface area contributed by atoms with E-state index in [0.29, 0.717) is 12.4 Å². The molecule has 6 heteroatoms. The summed E-state index contributed by atoms with van der Waals surface area (Å²) in [4.78, 5) is 2.38. The second-order valence-electron chi connectivity index (χ2n) is 9.51. The standard InChI is InChI=1S/C29H32F3NO2/c1-22(21-35-27-14-12-26(13-15-27)29(30,31)32)20-33-18-16-25(17-19-33)28(34,23-8-4-2-5-9-23)24-10-6-3-7-11-24/h2-15,22,25,34H,16-21H2,1H3. The van der Waals surface area contributed by atoms with Crippen LogP contribution >= 0.6 is 0 Å². The summed E-state index contributed by atoms with van der Waals surface area (Å²) in [5, 5.41) is 12.0. The molecule has 1 atom stereocenters. The number of aliphatic hydroxyl groups is 1. The number of ether oxygens (including phenoxy) is 1. The Morgan fingerprint density at radius 2 is 1.34 bits per heavy atom. The lowest BCUT2D eigenvalue weighted by Gasteiger charge is -2.42. The Hall–Kier alpha value is -2.83. The molecular formula is C29H32F3NO2. The summed E-state index contributed by atoms with van der Waals surface area (Å²) in [5.41, 5.74) is 0.129. The highest BCUT2D eigenvalue weighted by Gasteiger charge is 2.41. The van der Waals surface area contributed by atoms with Crippen LogP contribution in [-0.4, -0.2) is 36.2 Å². The first-order valence-electron chi connectivity index (χ1n) is 12.1. The maximum Gasteiger partial charge on any atom is 0.416 e. The van der Waals surface area contributed by atoms with E-state index in [2.05, 4.69) is 11.8 Å². The van der Waals surface area contributed by atoms with Gasteiger partial charge in [-0.3, -0.25) is 0 Å². The molecule has 3 aromatic carbocycles. The van der Waals surface area contributed by atoms with Crippen molar-refractivity contribution in [3.8, 4) is 5.75 Å². The van der Waals surface area contributed by atoms with Crippen molar-refractivity contribution in [2.75, 3.05) is 26.2 Å². The van der Waals surface area contributed by atoms with Gasteiger partial charge in [-0.05, 0) is 67.2 Å². The molecule has 1 N–H and O–H groups in total. The summed E-state index contributed by atoms with van der Waals surface area (Å²) in [6, 6.07) is 24.6. The smallest absolute Gasteiger partial charge is 0.416 e. The van der Waals surface area contributed by atoms with Crippen LogP contribution in [0.15, 0.2) is 84.9 Å². The molecule has 1 saturated heterocycles. The van der Waals surface area contributed by atoms with Crippen molar-refractivity contribution in [2.24, 2.45) is 11.8 Å². The van der Waals surface area contributed by atoms with Crippen molar-refractivity contribution in [1.82, 2.24) is 4.90 Å². The zero-order chi connectivity index (χ0) is 24.9. The first-order chi connectivity index (χ1) is 16.8. The number of rotatable bonds is 8. The van der Waals surface area contributed by atoms with Gasteiger partial charge in [0, 0.05) is 12.5 Å². The summed E-state index contributed by atoms with van der Waals surface area (Å²) in [7, 11) is 0. The second kappa shape index (κ2) is 10.8. The fourth-order valence-corrected chi connectivity index (χ4v) is 5.03. The maximum atomic E-state index is 12.7. The predicted molar refractivity (Wildman–Crippen MR) is 131 cm³/mol. The van der Waals surface area contributed by atoms with Crippen LogP contribution in [0.3, 0.4) is 0 Å². The Morgan fingerprint density at radius 1 is 0.829 bits per heavy atom. The van der Waals surface area contributed by atoms with E-state index < -0.39 is 17.3 Å². The molecule has 1 aliphatic heterocycles. The van der Waals surface area contributed by atoms with Gasteiger partial charge in [-0.25, -0.2) is 0 Å². The van der Waals surface area contributed by atoms with Gasteiger partial charge < -0.3 is 14.7 Å². The number of halogens is 3. The van der Waals surface area contributed by atoms with Gasteiger partial charge in [0.15, 0.2) is 0 Å². The van der Waals surface area contributed by atoms with Crippen LogP contribution in [0, 0.1) is 11.8 Å². The fourth-order valence-electron chi connectivity index (χ4n) is 5.03. The van der Waals surface area contributed by atoms with Crippen LogP contribution in [0.5, 0.6) is 5.75 Å². The van der Waals surface area contributed by atoms with Gasteiger partial charge in [0.2, 0.25) is 0 Å². The average molecular weight is 484 g/mol. The lowest BCUT2D eigenvalue weighted by molar-refractivity contribution is -0.137. The highest BCUT2D eigenvalue weighted by Crippen LogP contribution is 2.42. The molecule has 1 heterocycles. The zero-order valence-electron chi connectivity index (χ0n) is 19.9. The van der Waals surface area contributed by atoms with Crippen molar-refractivity contribution in [3.63, 3.8) is 0 Å². The minimum Gasteiger partial charge on any atom is -0.493 e. The maximum absolute atomic E-state index is 12.7. The minimum atomic E-state index is -4.34. The third kappa shape index (κ3) is 6.06. The van der Waals surface area contributed by atoms with Crippen LogP contribution in [0.25, 0.3) is 0 Å². The van der Waals surface area contributed by atoms with Crippen molar-refractivity contribution in [1.29, 1.82) is 0 Å². The van der Waals surface area contributed by atoms with E-state index in [1.165, 1.54) is 12.1 Å². The second-order valence-corrected chi connectivity index (χ2v) is 9.51. The molecule has 0 aliphatic carbocycles. The molecule has 186 valence electrons. The third-order valence-corrected chi connectivity index (χ3v) is 6.89. The van der Waals surface area contributed by atoms with E-state index >= 15 is 0 Å². The van der Waals surface area contributed by atoms with Gasteiger partial charge in [0.1, 0.15) is 11.4 Å². The number of piperidine rings is 1. The van der Waals surface area contributed by atoms with Crippen LogP contribution in [0.1, 0.15) is 36.5 Å². The van der Waals surface area contributed by atoms with E-state index in [0.717, 1.165) is 55.7 Å². The van der Waals surface area contributed by atoms with Crippen LogP contribution in [0.4, 0.5) is 13.2 Å². The topological polar surface area (TPSA) is 32.7 Å². The first kappa shape index (κ1) is 25.3. The summed E-state index contributed by atoms with van der Waals surface area (Å²) < 4.78 is 43.9. The quantitative estimate of drug-likeness (QED) is 0.404. The van der Waals surface area contributed by atoms with E-state index in [1.54, 1.807) is 0 Å². The van der Waals surface area contributed by atoms with Crippen LogP contribution in [-0.2, 0) is 11.8 Å². The SMILES string of the molecule is CC(COc1ccc(C(F)(F)F)cc1)CN1CCC(C(O)(c2ccccc2)c2ccccc2)CC1. The van der Waals surface area contributed by atoms with Crippen LogP contribution in [0.2, 0.25) is 0 Å². The van der Waals surface area contributed by atoms with Gasteiger partial charge >= 0.3 is 6.18 Å². The van der Waals surface area contributed by atoms with E-state index in [-0.39, 0.29) is 11.8 Å². The Bertz CT molecular complexity index is 1010. The number of likely N-dealkylation sites (tertiary alicyclic amines) is 1. The van der Waals surface area contributed by atoms with E-state index in [9.17, 15) is 18.3 Å². The predicted octanol–water partition coefficient (Wildman–Crippen LogP) is 6.37. The molecule has 3 aromatic rings. The van der Waals surface area contributed by atoms with Crippen molar-refractivity contribution in [2.45, 2.75) is 31.5 Å². The molecule has 0 aromatic heterocycles. The molecule has 0 amide bonds. The molecule has 4 rings (SSSR count). The molecule has 1 aliphatic rings. The van der Waals surface area contributed by atoms with Gasteiger partial charge in [-0.1, -0.05) is 67.6 Å². The Kier molecular flexibility index (Phi) is 7.82. The Morgan fingerprint density at radius 3 is 1.83 bits per heavy atom. The molecule has 3 nitrogen and oxygen atoms in total. The van der Waals surface area contributed by atoms with Gasteiger partial charge in [-0.15, -0.1) is 0 Å². The number of hydrogen-bond donors (Lipinski definition) is 1. The Balaban J connectivity index is 1.33. The van der Waals surface area contributed by atoms with E-state index in [4.69, 9.17) is 4.74 Å².